The average Bonchev–Trinajstić information content (AvgIpc) is 3.65. The highest BCUT2D eigenvalue weighted by Gasteiger charge is 2.28. The number of hydrogen-bond acceptors (Lipinski definition) is 6. The van der Waals surface area contributed by atoms with Gasteiger partial charge in [0.05, 0.1) is 5.56 Å². The van der Waals surface area contributed by atoms with Crippen LogP contribution in [0.1, 0.15) is 93.5 Å². The molecule has 0 saturated heterocycles. The lowest BCUT2D eigenvalue weighted by Crippen LogP contribution is -2.30. The van der Waals surface area contributed by atoms with Gasteiger partial charge in [0, 0.05) is 68.8 Å². The molecule has 1 N–H and O–H groups in total. The number of rotatable bonds is 10. The van der Waals surface area contributed by atoms with E-state index >= 15 is 4.39 Å². The smallest absolute Gasteiger partial charge is 0.274 e. The SMILES string of the molecule is C=Cc1cc(C(C)(C)C)cc(F)c1C(=O)N(C)c1nccc(-c2cc(Nc3cc4n(n3)CCC4)c(=O)n(C)c2)c1CC(=O)CCC.CC. The van der Waals surface area contributed by atoms with Crippen molar-refractivity contribution in [3.05, 3.63) is 93.4 Å². The summed E-state index contributed by atoms with van der Waals surface area (Å²) in [6.07, 6.45) is 7.71. The van der Waals surface area contributed by atoms with Crippen LogP contribution in [0, 0.1) is 5.82 Å². The Hall–Kier alpha value is -4.86. The third-order valence-electron chi connectivity index (χ3n) is 8.40. The van der Waals surface area contributed by atoms with Crippen LogP contribution in [0.15, 0.2) is 54.1 Å². The molecule has 0 aliphatic carbocycles. The Balaban J connectivity index is 0.00000255. The first-order valence-corrected chi connectivity index (χ1v) is 16.6. The number of amides is 1. The van der Waals surface area contributed by atoms with Gasteiger partial charge in [0.1, 0.15) is 23.1 Å². The summed E-state index contributed by atoms with van der Waals surface area (Å²) in [7, 11) is 3.18. The zero-order chi connectivity index (χ0) is 35.3. The molecule has 1 aromatic carbocycles. The van der Waals surface area contributed by atoms with E-state index in [1.165, 1.54) is 28.7 Å². The van der Waals surface area contributed by atoms with E-state index in [9.17, 15) is 14.4 Å². The number of hydrogen-bond donors (Lipinski definition) is 1. The van der Waals surface area contributed by atoms with E-state index < -0.39 is 11.7 Å². The second-order valence-corrected chi connectivity index (χ2v) is 12.9. The van der Waals surface area contributed by atoms with Crippen molar-refractivity contribution in [1.82, 2.24) is 19.3 Å². The van der Waals surface area contributed by atoms with Crippen molar-refractivity contribution < 1.29 is 14.0 Å². The standard InChI is InChI=1S/C36H41FN6O3.C2H6/c1-8-11-26(44)20-28-27(23-17-30(34(45)41(6)21-23)39-31-19-25-12-10-15-43(25)40-31)13-14-38-33(28)42(7)35(46)32-22(9-2)16-24(18-29(32)37)36(3,4)5;1-2/h9,13-14,16-19,21H,2,8,10-12,15,20H2,1,3-7H3,(H,39,40);1-2H3. The number of carbonyl (C=O) groups excluding carboxylic acids is 2. The normalized spacial score (nSPS) is 12.2. The number of pyridine rings is 2. The van der Waals surface area contributed by atoms with E-state index in [1.54, 1.807) is 37.6 Å². The second-order valence-electron chi connectivity index (χ2n) is 12.9. The van der Waals surface area contributed by atoms with Gasteiger partial charge in [0.15, 0.2) is 5.82 Å². The Kier molecular flexibility index (Phi) is 11.2. The minimum Gasteiger partial charge on any atom is -0.334 e. The van der Waals surface area contributed by atoms with Crippen LogP contribution in [0.5, 0.6) is 0 Å². The summed E-state index contributed by atoms with van der Waals surface area (Å²) < 4.78 is 19.1. The highest BCUT2D eigenvalue weighted by atomic mass is 19.1. The van der Waals surface area contributed by atoms with Gasteiger partial charge in [-0.2, -0.15) is 5.10 Å². The fraction of sp³-hybridized carbons (Fsp3) is 0.395. The first-order chi connectivity index (χ1) is 22.8. The summed E-state index contributed by atoms with van der Waals surface area (Å²) in [5.74, 6) is -0.479. The molecule has 0 unspecified atom stereocenters. The number of Topliss-reactive ketones (excluding diaryl/α,β-unsaturated/α-hetero) is 1. The van der Waals surface area contributed by atoms with Crippen molar-refractivity contribution in [2.24, 2.45) is 7.05 Å². The fourth-order valence-corrected chi connectivity index (χ4v) is 5.90. The van der Waals surface area contributed by atoms with Crippen LogP contribution in [0.4, 0.5) is 21.7 Å². The zero-order valence-electron chi connectivity index (χ0n) is 29.4. The van der Waals surface area contributed by atoms with Crippen LogP contribution >= 0.6 is 0 Å². The van der Waals surface area contributed by atoms with Crippen molar-refractivity contribution in [1.29, 1.82) is 0 Å². The molecule has 0 spiro atoms. The van der Waals surface area contributed by atoms with Crippen molar-refractivity contribution in [2.75, 3.05) is 17.3 Å². The number of nitrogens with zero attached hydrogens (tertiary/aromatic N) is 5. The number of ketones is 1. The van der Waals surface area contributed by atoms with Gasteiger partial charge in [-0.05, 0) is 59.6 Å². The summed E-state index contributed by atoms with van der Waals surface area (Å²) in [5.41, 5.74) is 3.64. The van der Waals surface area contributed by atoms with Gasteiger partial charge in [-0.15, -0.1) is 0 Å². The number of fused-ring (bicyclic) bond motifs is 1. The minimum absolute atomic E-state index is 0.00307. The Bertz CT molecular complexity index is 1880. The first-order valence-electron chi connectivity index (χ1n) is 16.6. The van der Waals surface area contributed by atoms with Gasteiger partial charge >= 0.3 is 0 Å². The van der Waals surface area contributed by atoms with Crippen molar-refractivity contribution in [3.8, 4) is 11.1 Å². The van der Waals surface area contributed by atoms with Crippen molar-refractivity contribution >= 4 is 35.1 Å². The van der Waals surface area contributed by atoms with E-state index in [-0.39, 0.29) is 34.6 Å². The molecule has 1 amide bonds. The van der Waals surface area contributed by atoms with Gasteiger partial charge in [-0.1, -0.05) is 60.3 Å². The van der Waals surface area contributed by atoms with Crippen LogP contribution in [-0.4, -0.2) is 38.1 Å². The average molecular weight is 655 g/mol. The monoisotopic (exact) mass is 654 g/mol. The quantitative estimate of drug-likeness (QED) is 0.189. The summed E-state index contributed by atoms with van der Waals surface area (Å²) in [6, 6.07) is 8.60. The molecule has 5 rings (SSSR count). The van der Waals surface area contributed by atoms with Crippen LogP contribution in [-0.2, 0) is 36.6 Å². The van der Waals surface area contributed by atoms with Gasteiger partial charge < -0.3 is 9.88 Å². The van der Waals surface area contributed by atoms with Gasteiger partial charge in [-0.25, -0.2) is 9.37 Å². The molecular formula is C38H47FN6O3. The summed E-state index contributed by atoms with van der Waals surface area (Å²) in [5, 5.41) is 7.76. The second kappa shape index (κ2) is 14.9. The van der Waals surface area contributed by atoms with Gasteiger partial charge in [-0.3, -0.25) is 24.0 Å². The maximum Gasteiger partial charge on any atom is 0.274 e. The third kappa shape index (κ3) is 7.48. The molecular weight excluding hydrogens is 607 g/mol. The number of anilines is 3. The molecule has 1 aliphatic heterocycles. The zero-order valence-corrected chi connectivity index (χ0v) is 29.4. The van der Waals surface area contributed by atoms with E-state index in [1.807, 2.05) is 52.3 Å². The third-order valence-corrected chi connectivity index (χ3v) is 8.40. The molecule has 254 valence electrons. The maximum absolute atomic E-state index is 15.7. The highest BCUT2D eigenvalue weighted by Crippen LogP contribution is 2.34. The molecule has 4 aromatic rings. The molecule has 0 saturated carbocycles. The molecule has 0 bridgehead atoms. The molecule has 4 heterocycles. The lowest BCUT2D eigenvalue weighted by molar-refractivity contribution is -0.118. The van der Waals surface area contributed by atoms with E-state index in [2.05, 4.69) is 22.0 Å². The Labute approximate surface area is 282 Å². The van der Waals surface area contributed by atoms with Crippen LogP contribution in [0.2, 0.25) is 0 Å². The number of nitrogens with one attached hydrogen (secondary N) is 1. The largest absolute Gasteiger partial charge is 0.334 e. The molecule has 48 heavy (non-hydrogen) atoms. The number of aryl methyl sites for hydroxylation is 3. The fourth-order valence-electron chi connectivity index (χ4n) is 5.90. The van der Waals surface area contributed by atoms with Gasteiger partial charge in [0.2, 0.25) is 0 Å². The molecule has 9 nitrogen and oxygen atoms in total. The van der Waals surface area contributed by atoms with Crippen LogP contribution in [0.25, 0.3) is 17.2 Å². The predicted molar refractivity (Wildman–Crippen MR) is 192 cm³/mol. The number of carbonyl (C=O) groups is 2. The topological polar surface area (TPSA) is 102 Å². The summed E-state index contributed by atoms with van der Waals surface area (Å²) >= 11 is 0. The summed E-state index contributed by atoms with van der Waals surface area (Å²) in [6.45, 7) is 16.5. The van der Waals surface area contributed by atoms with E-state index in [0.29, 0.717) is 46.6 Å². The molecule has 1 aliphatic rings. The summed E-state index contributed by atoms with van der Waals surface area (Å²) in [4.78, 5) is 46.1. The Morgan fingerprint density at radius 1 is 1.17 bits per heavy atom. The molecule has 0 fully saturated rings. The van der Waals surface area contributed by atoms with Crippen molar-refractivity contribution in [3.63, 3.8) is 0 Å². The van der Waals surface area contributed by atoms with E-state index in [4.69, 9.17) is 0 Å². The van der Waals surface area contributed by atoms with Gasteiger partial charge in [0.25, 0.3) is 11.5 Å². The highest BCUT2D eigenvalue weighted by molar-refractivity contribution is 6.08. The minimum atomic E-state index is -0.655. The lowest BCUT2D eigenvalue weighted by atomic mass is 9.84. The number of benzene rings is 1. The number of halogens is 1. The molecule has 0 radical (unpaired) electrons. The molecule has 10 heteroatoms. The maximum atomic E-state index is 15.7. The Morgan fingerprint density at radius 2 is 1.90 bits per heavy atom. The van der Waals surface area contributed by atoms with Crippen molar-refractivity contribution in [2.45, 2.75) is 85.6 Å². The number of aromatic nitrogens is 4. The molecule has 3 aromatic heterocycles. The molecule has 0 atom stereocenters. The predicted octanol–water partition coefficient (Wildman–Crippen LogP) is 7.63. The van der Waals surface area contributed by atoms with Crippen LogP contribution in [0.3, 0.4) is 0 Å². The first kappa shape index (κ1) is 36.0. The van der Waals surface area contributed by atoms with E-state index in [0.717, 1.165) is 30.6 Å². The Morgan fingerprint density at radius 3 is 2.54 bits per heavy atom. The lowest BCUT2D eigenvalue weighted by Gasteiger charge is -2.25. The van der Waals surface area contributed by atoms with Crippen LogP contribution < -0.4 is 15.8 Å².